The topological polar surface area (TPSA) is 120 Å². The minimum Gasteiger partial charge on any atom is -0.480 e. The van der Waals surface area contributed by atoms with E-state index in [1.54, 1.807) is 0 Å². The highest BCUT2D eigenvalue weighted by Gasteiger charge is 2.33. The number of carbonyl (C=O) groups excluding carboxylic acids is 2. The molecule has 172 valence electrons. The van der Waals surface area contributed by atoms with Crippen LogP contribution in [0.4, 0.5) is 4.79 Å². The van der Waals surface area contributed by atoms with Crippen LogP contribution in [0.15, 0.2) is 30.3 Å². The summed E-state index contributed by atoms with van der Waals surface area (Å²) < 4.78 is 5.09. The maximum absolute atomic E-state index is 12.5. The number of hydrogen-bond acceptors (Lipinski definition) is 6. The highest BCUT2D eigenvalue weighted by atomic mass is 16.8. The molecule has 0 bridgehead atoms. The number of carbonyl (C=O) groups is 3. The molecule has 0 fully saturated rings. The van der Waals surface area contributed by atoms with Gasteiger partial charge in [0, 0.05) is 13.5 Å². The van der Waals surface area contributed by atoms with Crippen LogP contribution < -0.4 is 0 Å². The Labute approximate surface area is 183 Å². The lowest BCUT2D eigenvalue weighted by molar-refractivity contribution is -0.170. The Morgan fingerprint density at radius 3 is 2.35 bits per heavy atom. The number of nitrogens with zero attached hydrogens (tertiary/aromatic N) is 2. The van der Waals surface area contributed by atoms with E-state index in [4.69, 9.17) is 15.0 Å². The molecule has 1 aromatic rings. The molecule has 0 aromatic heterocycles. The van der Waals surface area contributed by atoms with E-state index in [1.165, 1.54) is 7.05 Å². The second-order valence-corrected chi connectivity index (χ2v) is 7.14. The molecule has 1 atom stereocenters. The zero-order chi connectivity index (χ0) is 23.2. The Hall–Kier alpha value is -3.10. The van der Waals surface area contributed by atoms with Gasteiger partial charge in [-0.15, -0.1) is 0 Å². The average Bonchev–Trinajstić information content (AvgIpc) is 2.75. The number of amides is 1. The number of carboxylic acids is 1. The summed E-state index contributed by atoms with van der Waals surface area (Å²) in [5.74, 6) is -2.41. The van der Waals surface area contributed by atoms with Gasteiger partial charge in [-0.05, 0) is 31.2 Å². The third-order valence-corrected chi connectivity index (χ3v) is 4.61. The lowest BCUT2D eigenvalue weighted by Crippen LogP contribution is -2.52. The molecule has 0 heterocycles. The number of aryl methyl sites for hydroxylation is 1. The van der Waals surface area contributed by atoms with Crippen molar-refractivity contribution in [2.75, 3.05) is 13.7 Å². The summed E-state index contributed by atoms with van der Waals surface area (Å²) in [6.07, 6.45) is 2.39. The maximum Gasteiger partial charge on any atom is 0.451 e. The van der Waals surface area contributed by atoms with Crippen LogP contribution in [0.5, 0.6) is 0 Å². The monoisotopic (exact) mass is 435 g/mol. The normalized spacial score (nSPS) is 11.3. The summed E-state index contributed by atoms with van der Waals surface area (Å²) in [6, 6.07) is 8.59. The first-order valence-electron chi connectivity index (χ1n) is 10.6. The molecule has 1 rings (SSSR count). The fourth-order valence-electron chi connectivity index (χ4n) is 2.81. The van der Waals surface area contributed by atoms with E-state index >= 15 is 0 Å². The van der Waals surface area contributed by atoms with Gasteiger partial charge in [0.25, 0.3) is 0 Å². The number of unbranched alkanes of at least 4 members (excludes halogenated alkanes) is 1. The molecule has 1 amide bonds. The van der Waals surface area contributed by atoms with E-state index in [1.807, 2.05) is 44.2 Å². The van der Waals surface area contributed by atoms with Gasteiger partial charge in [-0.25, -0.2) is 14.4 Å². The van der Waals surface area contributed by atoms with Crippen LogP contribution >= 0.6 is 0 Å². The van der Waals surface area contributed by atoms with Crippen LogP contribution in [-0.4, -0.2) is 58.8 Å². The number of nitrogens with one attached hydrogen (secondary N) is 1. The summed E-state index contributed by atoms with van der Waals surface area (Å²) in [5, 5.41) is 18.2. The molecule has 0 aliphatic rings. The molecule has 0 saturated heterocycles. The minimum absolute atomic E-state index is 0.0297. The van der Waals surface area contributed by atoms with E-state index in [0.29, 0.717) is 30.7 Å². The van der Waals surface area contributed by atoms with Gasteiger partial charge in [0.05, 0.1) is 6.61 Å². The molecule has 0 radical (unpaired) electrons. The quantitative estimate of drug-likeness (QED) is 0.235. The third-order valence-electron chi connectivity index (χ3n) is 4.61. The van der Waals surface area contributed by atoms with Crippen molar-refractivity contribution >= 4 is 24.0 Å². The Balaban J connectivity index is 2.81. The molecular weight excluding hydrogens is 402 g/mol. The Morgan fingerprint density at radius 2 is 1.77 bits per heavy atom. The number of hydrogen-bond donors (Lipinski definition) is 2. The molecule has 9 heteroatoms. The zero-order valence-corrected chi connectivity index (χ0v) is 18.5. The first-order chi connectivity index (χ1) is 14.8. The lowest BCUT2D eigenvalue weighted by Gasteiger charge is -2.31. The van der Waals surface area contributed by atoms with E-state index in [2.05, 4.69) is 0 Å². The van der Waals surface area contributed by atoms with Gasteiger partial charge in [-0.1, -0.05) is 62.1 Å². The van der Waals surface area contributed by atoms with Crippen LogP contribution in [-0.2, 0) is 25.6 Å². The molecular formula is C22H33N3O6. The summed E-state index contributed by atoms with van der Waals surface area (Å²) in [7, 11) is 1.37. The third kappa shape index (κ3) is 9.06. The van der Waals surface area contributed by atoms with E-state index < -0.39 is 30.0 Å². The van der Waals surface area contributed by atoms with Crippen molar-refractivity contribution in [3.8, 4) is 0 Å². The molecule has 1 unspecified atom stereocenters. The lowest BCUT2D eigenvalue weighted by atomic mass is 10.1. The van der Waals surface area contributed by atoms with Gasteiger partial charge in [0.1, 0.15) is 6.04 Å². The highest BCUT2D eigenvalue weighted by molar-refractivity contribution is 5.94. The molecule has 0 aliphatic carbocycles. The molecule has 0 aliphatic heterocycles. The Kier molecular flexibility index (Phi) is 11.7. The fourth-order valence-corrected chi connectivity index (χ4v) is 2.81. The van der Waals surface area contributed by atoms with Gasteiger partial charge in [-0.3, -0.25) is 5.41 Å². The van der Waals surface area contributed by atoms with Gasteiger partial charge in [0.2, 0.25) is 5.96 Å². The standard InChI is InChI=1S/C22H33N3O6/c1-4-6-16-30-22(29)25(21(23)24(3)18(11-5-2)20(27)28)31-19(26)15-10-14-17-12-8-7-9-13-17/h7-9,12-13,18,23H,4-6,10-11,14-16H2,1-3H3,(H,27,28). The fraction of sp³-hybridized carbons (Fsp3) is 0.545. The maximum atomic E-state index is 12.5. The number of ether oxygens (including phenoxy) is 1. The number of aliphatic carboxylic acids is 1. The number of likely N-dealkylation sites (N-methyl/N-ethyl adjacent to an activating group) is 1. The number of guanidine groups is 1. The van der Waals surface area contributed by atoms with E-state index in [9.17, 15) is 19.5 Å². The SMILES string of the molecule is CCCCOC(=O)N(OC(=O)CCCc1ccccc1)C(=N)N(C)C(CCC)C(=O)O. The molecule has 31 heavy (non-hydrogen) atoms. The van der Waals surface area contributed by atoms with Gasteiger partial charge < -0.3 is 19.6 Å². The second kappa shape index (κ2) is 14.0. The van der Waals surface area contributed by atoms with Crippen molar-refractivity contribution in [3.05, 3.63) is 35.9 Å². The van der Waals surface area contributed by atoms with Crippen LogP contribution in [0.25, 0.3) is 0 Å². The Bertz CT molecular complexity index is 725. The predicted molar refractivity (Wildman–Crippen MR) is 115 cm³/mol. The van der Waals surface area contributed by atoms with Crippen molar-refractivity contribution in [2.45, 2.75) is 64.8 Å². The summed E-state index contributed by atoms with van der Waals surface area (Å²) in [5.41, 5.74) is 1.07. The van der Waals surface area contributed by atoms with Crippen LogP contribution in [0.1, 0.15) is 57.9 Å². The number of rotatable bonds is 11. The van der Waals surface area contributed by atoms with Crippen molar-refractivity contribution in [1.29, 1.82) is 5.41 Å². The first kappa shape index (κ1) is 25.9. The van der Waals surface area contributed by atoms with Crippen molar-refractivity contribution in [1.82, 2.24) is 9.96 Å². The van der Waals surface area contributed by atoms with Gasteiger partial charge in [0.15, 0.2) is 0 Å². The number of carboxylic acid groups (broad SMARTS) is 1. The second-order valence-electron chi connectivity index (χ2n) is 7.14. The first-order valence-corrected chi connectivity index (χ1v) is 10.6. The zero-order valence-electron chi connectivity index (χ0n) is 18.5. The molecule has 0 saturated carbocycles. The number of hydroxylamine groups is 2. The van der Waals surface area contributed by atoms with E-state index in [-0.39, 0.29) is 19.4 Å². The van der Waals surface area contributed by atoms with Gasteiger partial charge >= 0.3 is 18.0 Å². The molecule has 9 nitrogen and oxygen atoms in total. The summed E-state index contributed by atoms with van der Waals surface area (Å²) >= 11 is 0. The molecule has 2 N–H and O–H groups in total. The van der Waals surface area contributed by atoms with Crippen molar-refractivity contribution < 1.29 is 29.1 Å². The molecule has 0 spiro atoms. The Morgan fingerprint density at radius 1 is 1.10 bits per heavy atom. The van der Waals surface area contributed by atoms with Crippen molar-refractivity contribution in [2.24, 2.45) is 0 Å². The summed E-state index contributed by atoms with van der Waals surface area (Å²) in [6.45, 7) is 3.85. The minimum atomic E-state index is -1.14. The van der Waals surface area contributed by atoms with Crippen LogP contribution in [0, 0.1) is 5.41 Å². The summed E-state index contributed by atoms with van der Waals surface area (Å²) in [4.78, 5) is 42.6. The molecule has 1 aromatic carbocycles. The largest absolute Gasteiger partial charge is 0.480 e. The van der Waals surface area contributed by atoms with Crippen LogP contribution in [0.2, 0.25) is 0 Å². The van der Waals surface area contributed by atoms with E-state index in [0.717, 1.165) is 16.9 Å². The smallest absolute Gasteiger partial charge is 0.451 e. The van der Waals surface area contributed by atoms with Crippen LogP contribution in [0.3, 0.4) is 0 Å². The predicted octanol–water partition coefficient (Wildman–Crippen LogP) is 3.83. The average molecular weight is 436 g/mol. The number of benzene rings is 1. The highest BCUT2D eigenvalue weighted by Crippen LogP contribution is 2.12. The van der Waals surface area contributed by atoms with Crippen molar-refractivity contribution in [3.63, 3.8) is 0 Å². The van der Waals surface area contributed by atoms with Gasteiger partial charge in [-0.2, -0.15) is 0 Å².